The third-order valence-electron chi connectivity index (χ3n) is 1.83. The van der Waals surface area contributed by atoms with Crippen LogP contribution in [0.3, 0.4) is 0 Å². The van der Waals surface area contributed by atoms with Gasteiger partial charge in [0.2, 0.25) is 0 Å². The van der Waals surface area contributed by atoms with Crippen molar-refractivity contribution >= 4 is 23.0 Å². The number of thiocarbonyl (C=S) groups is 1. The molecule has 15 heavy (non-hydrogen) atoms. The van der Waals surface area contributed by atoms with Gasteiger partial charge in [0.05, 0.1) is 6.61 Å². The molecule has 0 amide bonds. The average molecular weight is 224 g/mol. The largest absolute Gasteiger partial charge is 0.383 e. The molecule has 0 aliphatic rings. The molecule has 2 N–H and O–H groups in total. The molecule has 1 aromatic rings. The minimum atomic E-state index is 0.207. The van der Waals surface area contributed by atoms with Crippen LogP contribution >= 0.6 is 12.2 Å². The van der Waals surface area contributed by atoms with Crippen molar-refractivity contribution in [3.05, 3.63) is 30.3 Å². The van der Waals surface area contributed by atoms with Crippen molar-refractivity contribution in [2.24, 2.45) is 0 Å². The smallest absolute Gasteiger partial charge is 0.171 e. The van der Waals surface area contributed by atoms with Gasteiger partial charge in [-0.05, 0) is 31.3 Å². The molecule has 4 heteroatoms. The Morgan fingerprint density at radius 1 is 1.40 bits per heavy atom. The maximum absolute atomic E-state index is 5.15. The molecule has 1 atom stereocenters. The van der Waals surface area contributed by atoms with Crippen molar-refractivity contribution in [1.29, 1.82) is 0 Å². The maximum Gasteiger partial charge on any atom is 0.171 e. The molecule has 0 spiro atoms. The van der Waals surface area contributed by atoms with Gasteiger partial charge in [0.25, 0.3) is 0 Å². The van der Waals surface area contributed by atoms with E-state index in [9.17, 15) is 0 Å². The number of anilines is 1. The number of nitrogens with one attached hydrogen (secondary N) is 2. The topological polar surface area (TPSA) is 33.3 Å². The molecule has 0 fully saturated rings. The first kappa shape index (κ1) is 11.9. The predicted octanol–water partition coefficient (Wildman–Crippen LogP) is 2.01. The lowest BCUT2D eigenvalue weighted by Crippen LogP contribution is -2.38. The molecule has 0 aliphatic heterocycles. The summed E-state index contributed by atoms with van der Waals surface area (Å²) in [6.45, 7) is 2.65. The average Bonchev–Trinajstić information content (AvgIpc) is 2.19. The summed E-state index contributed by atoms with van der Waals surface area (Å²) in [5.74, 6) is 0. The quantitative estimate of drug-likeness (QED) is 0.767. The molecule has 0 aromatic heterocycles. The van der Waals surface area contributed by atoms with Gasteiger partial charge in [-0.3, -0.25) is 0 Å². The first-order valence-corrected chi connectivity index (χ1v) is 5.24. The molecule has 0 saturated carbocycles. The summed E-state index contributed by atoms with van der Waals surface area (Å²) in [7, 11) is 1.67. The fourth-order valence-corrected chi connectivity index (χ4v) is 1.52. The van der Waals surface area contributed by atoms with Crippen LogP contribution in [0.5, 0.6) is 0 Å². The van der Waals surface area contributed by atoms with Crippen molar-refractivity contribution in [3.8, 4) is 0 Å². The minimum absolute atomic E-state index is 0.207. The van der Waals surface area contributed by atoms with E-state index in [1.54, 1.807) is 7.11 Å². The number of rotatable bonds is 4. The number of methoxy groups -OCH3 is 1. The van der Waals surface area contributed by atoms with Gasteiger partial charge in [-0.2, -0.15) is 0 Å². The third kappa shape index (κ3) is 4.76. The highest BCUT2D eigenvalue weighted by atomic mass is 32.1. The van der Waals surface area contributed by atoms with Gasteiger partial charge in [0, 0.05) is 18.8 Å². The lowest BCUT2D eigenvalue weighted by atomic mass is 10.3. The van der Waals surface area contributed by atoms with E-state index in [4.69, 9.17) is 17.0 Å². The van der Waals surface area contributed by atoms with Gasteiger partial charge in [0.15, 0.2) is 5.11 Å². The number of benzene rings is 1. The molecule has 0 unspecified atom stereocenters. The van der Waals surface area contributed by atoms with E-state index in [0.29, 0.717) is 11.7 Å². The Hall–Kier alpha value is -1.13. The van der Waals surface area contributed by atoms with E-state index < -0.39 is 0 Å². The molecule has 3 nitrogen and oxygen atoms in total. The first-order chi connectivity index (χ1) is 7.22. The zero-order valence-corrected chi connectivity index (χ0v) is 9.80. The van der Waals surface area contributed by atoms with Crippen LogP contribution in [0.2, 0.25) is 0 Å². The van der Waals surface area contributed by atoms with E-state index in [1.807, 2.05) is 37.3 Å². The fraction of sp³-hybridized carbons (Fsp3) is 0.364. The maximum atomic E-state index is 5.15. The van der Waals surface area contributed by atoms with E-state index >= 15 is 0 Å². The van der Waals surface area contributed by atoms with Crippen molar-refractivity contribution in [3.63, 3.8) is 0 Å². The normalized spacial score (nSPS) is 11.9. The third-order valence-corrected chi connectivity index (χ3v) is 2.05. The summed E-state index contributed by atoms with van der Waals surface area (Å²) in [4.78, 5) is 0. The summed E-state index contributed by atoms with van der Waals surface area (Å²) in [5, 5.41) is 6.84. The van der Waals surface area contributed by atoms with Crippen LogP contribution < -0.4 is 10.6 Å². The Morgan fingerprint density at radius 3 is 2.67 bits per heavy atom. The minimum Gasteiger partial charge on any atom is -0.383 e. The first-order valence-electron chi connectivity index (χ1n) is 4.84. The molecular formula is C11H16N2OS. The Balaban J connectivity index is 2.36. The molecular weight excluding hydrogens is 208 g/mol. The van der Waals surface area contributed by atoms with E-state index in [2.05, 4.69) is 10.6 Å². The van der Waals surface area contributed by atoms with Gasteiger partial charge in [-0.1, -0.05) is 18.2 Å². The van der Waals surface area contributed by atoms with Gasteiger partial charge in [-0.15, -0.1) is 0 Å². The Bertz CT molecular complexity index is 303. The van der Waals surface area contributed by atoms with Gasteiger partial charge in [-0.25, -0.2) is 0 Å². The van der Waals surface area contributed by atoms with Crippen molar-refractivity contribution in [2.75, 3.05) is 19.0 Å². The Labute approximate surface area is 95.8 Å². The zero-order valence-electron chi connectivity index (χ0n) is 8.99. The fourth-order valence-electron chi connectivity index (χ4n) is 1.20. The van der Waals surface area contributed by atoms with Crippen molar-refractivity contribution in [1.82, 2.24) is 5.32 Å². The molecule has 0 bridgehead atoms. The van der Waals surface area contributed by atoms with Crippen LogP contribution in [0.25, 0.3) is 0 Å². The Kier molecular flexibility index (Phi) is 5.07. The second-order valence-corrected chi connectivity index (χ2v) is 3.73. The number of hydrogen-bond acceptors (Lipinski definition) is 2. The van der Waals surface area contributed by atoms with Crippen LogP contribution in [0.1, 0.15) is 6.92 Å². The van der Waals surface area contributed by atoms with Crippen LogP contribution in [-0.4, -0.2) is 24.9 Å². The van der Waals surface area contributed by atoms with Crippen LogP contribution in [0, 0.1) is 0 Å². The molecule has 82 valence electrons. The zero-order chi connectivity index (χ0) is 11.1. The van der Waals surface area contributed by atoms with Crippen LogP contribution in [0.15, 0.2) is 30.3 Å². The summed E-state index contributed by atoms with van der Waals surface area (Å²) in [5.41, 5.74) is 0.986. The molecule has 0 aliphatic carbocycles. The molecule has 0 saturated heterocycles. The number of ether oxygens (including phenoxy) is 1. The summed E-state index contributed by atoms with van der Waals surface area (Å²) in [6.07, 6.45) is 0. The summed E-state index contributed by atoms with van der Waals surface area (Å²) >= 11 is 5.15. The summed E-state index contributed by atoms with van der Waals surface area (Å²) < 4.78 is 5.00. The SMILES string of the molecule is COC[C@H](C)NC(=S)Nc1ccccc1. The highest BCUT2D eigenvalue weighted by Crippen LogP contribution is 2.04. The second kappa shape index (κ2) is 6.37. The highest BCUT2D eigenvalue weighted by Gasteiger charge is 2.02. The van der Waals surface area contributed by atoms with Gasteiger partial charge >= 0.3 is 0 Å². The molecule has 1 rings (SSSR count). The lowest BCUT2D eigenvalue weighted by Gasteiger charge is -2.15. The van der Waals surface area contributed by atoms with Crippen LogP contribution in [0.4, 0.5) is 5.69 Å². The number of para-hydroxylation sites is 1. The van der Waals surface area contributed by atoms with Gasteiger partial charge < -0.3 is 15.4 Å². The lowest BCUT2D eigenvalue weighted by molar-refractivity contribution is 0.179. The number of hydrogen-bond donors (Lipinski definition) is 2. The molecule has 1 aromatic carbocycles. The molecule has 0 radical (unpaired) electrons. The van der Waals surface area contributed by atoms with Crippen molar-refractivity contribution < 1.29 is 4.74 Å². The summed E-state index contributed by atoms with van der Waals surface area (Å²) in [6, 6.07) is 10.0. The standard InChI is InChI=1S/C11H16N2OS/c1-9(8-14-2)12-11(15)13-10-6-4-3-5-7-10/h3-7,9H,8H2,1-2H3,(H2,12,13,15)/t9-/m0/s1. The van der Waals surface area contributed by atoms with Gasteiger partial charge in [0.1, 0.15) is 0 Å². The monoisotopic (exact) mass is 224 g/mol. The van der Waals surface area contributed by atoms with Crippen LogP contribution in [-0.2, 0) is 4.74 Å². The predicted molar refractivity (Wildman–Crippen MR) is 67.1 cm³/mol. The van der Waals surface area contributed by atoms with E-state index in [0.717, 1.165) is 5.69 Å². The molecule has 0 heterocycles. The Morgan fingerprint density at radius 2 is 2.07 bits per heavy atom. The second-order valence-electron chi connectivity index (χ2n) is 3.32. The van der Waals surface area contributed by atoms with E-state index in [1.165, 1.54) is 0 Å². The van der Waals surface area contributed by atoms with Crippen molar-refractivity contribution in [2.45, 2.75) is 13.0 Å². The highest BCUT2D eigenvalue weighted by molar-refractivity contribution is 7.80. The van der Waals surface area contributed by atoms with E-state index in [-0.39, 0.29) is 6.04 Å².